The first kappa shape index (κ1) is 22.4. The molecule has 3 rings (SSSR count). The predicted octanol–water partition coefficient (Wildman–Crippen LogP) is 1.05. The summed E-state index contributed by atoms with van der Waals surface area (Å²) >= 11 is 1.40. The molecule has 1 aliphatic heterocycles. The highest BCUT2D eigenvalue weighted by atomic mass is 32.1. The molecule has 0 aromatic carbocycles. The molecule has 1 aliphatic rings. The number of hydrogen-bond donors (Lipinski definition) is 2. The molecule has 2 aromatic heterocycles. The zero-order valence-corrected chi connectivity index (χ0v) is 19.1. The molecule has 8 nitrogen and oxygen atoms in total. The van der Waals surface area contributed by atoms with Crippen molar-refractivity contribution in [2.75, 3.05) is 38.0 Å². The van der Waals surface area contributed by atoms with Crippen molar-refractivity contribution < 1.29 is 14.5 Å². The van der Waals surface area contributed by atoms with Crippen molar-refractivity contribution in [1.29, 1.82) is 0 Å². The van der Waals surface area contributed by atoms with Crippen LogP contribution in [-0.4, -0.2) is 64.2 Å². The number of carbonyl (C=O) groups is 2. The number of nitrogens with zero attached hydrogens (tertiary/aromatic N) is 4. The van der Waals surface area contributed by atoms with Gasteiger partial charge in [0, 0.05) is 30.7 Å². The zero-order chi connectivity index (χ0) is 21.5. The van der Waals surface area contributed by atoms with Crippen molar-refractivity contribution in [3.05, 3.63) is 28.5 Å². The number of aryl methyl sites for hydroxylation is 3. The minimum absolute atomic E-state index is 0.0604. The van der Waals surface area contributed by atoms with Gasteiger partial charge >= 0.3 is 0 Å². The van der Waals surface area contributed by atoms with Crippen LogP contribution < -0.4 is 10.2 Å². The van der Waals surface area contributed by atoms with Gasteiger partial charge in [-0.25, -0.2) is 0 Å². The summed E-state index contributed by atoms with van der Waals surface area (Å²) in [4.78, 5) is 28.0. The van der Waals surface area contributed by atoms with Crippen LogP contribution in [0.5, 0.6) is 0 Å². The van der Waals surface area contributed by atoms with Crippen molar-refractivity contribution in [2.24, 2.45) is 0 Å². The second kappa shape index (κ2) is 10.7. The number of piperazine rings is 1. The fraction of sp³-hybridized carbons (Fsp3) is 0.619. The van der Waals surface area contributed by atoms with E-state index < -0.39 is 0 Å². The van der Waals surface area contributed by atoms with E-state index in [9.17, 15) is 9.59 Å². The van der Waals surface area contributed by atoms with Gasteiger partial charge in [-0.1, -0.05) is 18.3 Å². The molecule has 2 aromatic rings. The Kier molecular flexibility index (Phi) is 7.98. The summed E-state index contributed by atoms with van der Waals surface area (Å²) in [6.45, 7) is 11.9. The van der Waals surface area contributed by atoms with Gasteiger partial charge in [0.25, 0.3) is 0 Å². The van der Waals surface area contributed by atoms with E-state index in [2.05, 4.69) is 53.0 Å². The van der Waals surface area contributed by atoms with Crippen molar-refractivity contribution in [3.8, 4) is 0 Å². The highest BCUT2D eigenvalue weighted by molar-refractivity contribution is 7.15. The SMILES string of the molecule is CCCc1nnc(NC(=O)CCC(=O)N2CC[NH+](CCn3c(C)ccc3C)CC2)s1. The van der Waals surface area contributed by atoms with Crippen LogP contribution in [-0.2, 0) is 22.6 Å². The highest BCUT2D eigenvalue weighted by Gasteiger charge is 2.24. The van der Waals surface area contributed by atoms with E-state index in [0.717, 1.165) is 57.1 Å². The van der Waals surface area contributed by atoms with Crippen LogP contribution in [0.15, 0.2) is 12.1 Å². The molecular weight excluding hydrogens is 400 g/mol. The Morgan fingerprint density at radius 1 is 1.13 bits per heavy atom. The first-order valence-electron chi connectivity index (χ1n) is 10.8. The monoisotopic (exact) mass is 433 g/mol. The average Bonchev–Trinajstić information content (AvgIpc) is 3.31. The smallest absolute Gasteiger partial charge is 0.226 e. The summed E-state index contributed by atoms with van der Waals surface area (Å²) in [6.07, 6.45) is 2.28. The Balaban J connectivity index is 1.35. The fourth-order valence-electron chi connectivity index (χ4n) is 3.82. The molecule has 2 N–H and O–H groups in total. The normalized spacial score (nSPS) is 14.8. The molecule has 1 fully saturated rings. The Labute approximate surface area is 182 Å². The number of amides is 2. The molecule has 9 heteroatoms. The van der Waals surface area contributed by atoms with E-state index in [1.165, 1.54) is 27.6 Å². The molecular formula is C21H33N6O2S+. The van der Waals surface area contributed by atoms with Gasteiger partial charge in [0.2, 0.25) is 16.9 Å². The molecule has 30 heavy (non-hydrogen) atoms. The summed E-state index contributed by atoms with van der Waals surface area (Å²) < 4.78 is 2.35. The number of rotatable bonds is 9. The minimum atomic E-state index is -0.177. The molecule has 3 heterocycles. The summed E-state index contributed by atoms with van der Waals surface area (Å²) in [5, 5.41) is 12.2. The first-order valence-corrected chi connectivity index (χ1v) is 11.6. The molecule has 0 saturated carbocycles. The van der Waals surface area contributed by atoms with E-state index in [4.69, 9.17) is 0 Å². The van der Waals surface area contributed by atoms with Crippen LogP contribution in [0.1, 0.15) is 42.6 Å². The molecule has 0 aliphatic carbocycles. The van der Waals surface area contributed by atoms with Crippen molar-refractivity contribution in [2.45, 2.75) is 53.0 Å². The van der Waals surface area contributed by atoms with Crippen LogP contribution in [0.3, 0.4) is 0 Å². The largest absolute Gasteiger partial charge is 0.344 e. The third-order valence-electron chi connectivity index (χ3n) is 5.67. The molecule has 0 atom stereocenters. The lowest BCUT2D eigenvalue weighted by Gasteiger charge is -2.32. The molecule has 0 bridgehead atoms. The van der Waals surface area contributed by atoms with Gasteiger partial charge in [-0.3, -0.25) is 9.59 Å². The molecule has 0 spiro atoms. The number of anilines is 1. The summed E-state index contributed by atoms with van der Waals surface area (Å²) in [6, 6.07) is 4.32. The molecule has 164 valence electrons. The quantitative estimate of drug-likeness (QED) is 0.619. The molecule has 1 saturated heterocycles. The van der Waals surface area contributed by atoms with E-state index in [-0.39, 0.29) is 24.7 Å². The maximum Gasteiger partial charge on any atom is 0.226 e. The zero-order valence-electron chi connectivity index (χ0n) is 18.2. The Hall–Kier alpha value is -2.26. The van der Waals surface area contributed by atoms with E-state index in [1.54, 1.807) is 0 Å². The van der Waals surface area contributed by atoms with Crippen molar-refractivity contribution in [1.82, 2.24) is 19.7 Å². The second-order valence-corrected chi connectivity index (χ2v) is 9.01. The van der Waals surface area contributed by atoms with Gasteiger partial charge in [0.05, 0.1) is 39.3 Å². The number of aromatic nitrogens is 3. The predicted molar refractivity (Wildman–Crippen MR) is 118 cm³/mol. The number of carbonyl (C=O) groups excluding carboxylic acids is 2. The number of quaternary nitrogens is 1. The van der Waals surface area contributed by atoms with Gasteiger partial charge in [0.15, 0.2) is 0 Å². The standard InChI is InChI=1S/C21H32N6O2S/c1-4-5-19-23-24-21(30-19)22-18(28)8-9-20(29)26-13-10-25(11-14-26)12-15-27-16(2)6-7-17(27)3/h6-7H,4-5,8-15H2,1-3H3,(H,22,24,28)/p+1. The lowest BCUT2D eigenvalue weighted by atomic mass is 10.2. The average molecular weight is 434 g/mol. The highest BCUT2D eigenvalue weighted by Crippen LogP contribution is 2.16. The third-order valence-corrected chi connectivity index (χ3v) is 6.57. The van der Waals surface area contributed by atoms with Gasteiger partial charge in [0.1, 0.15) is 5.01 Å². The van der Waals surface area contributed by atoms with Gasteiger partial charge in [-0.05, 0) is 32.4 Å². The molecule has 0 radical (unpaired) electrons. The van der Waals surface area contributed by atoms with Gasteiger partial charge in [-0.2, -0.15) is 0 Å². The molecule has 0 unspecified atom stereocenters. The van der Waals surface area contributed by atoms with Gasteiger partial charge < -0.3 is 19.7 Å². The van der Waals surface area contributed by atoms with Crippen LogP contribution >= 0.6 is 11.3 Å². The van der Waals surface area contributed by atoms with Crippen LogP contribution in [0.25, 0.3) is 0 Å². The minimum Gasteiger partial charge on any atom is -0.344 e. The summed E-state index contributed by atoms with van der Waals surface area (Å²) in [5.74, 6) is -0.116. The Morgan fingerprint density at radius 2 is 1.83 bits per heavy atom. The van der Waals surface area contributed by atoms with Crippen molar-refractivity contribution in [3.63, 3.8) is 0 Å². The van der Waals surface area contributed by atoms with Crippen LogP contribution in [0.2, 0.25) is 0 Å². The number of nitrogens with one attached hydrogen (secondary N) is 2. The van der Waals surface area contributed by atoms with Gasteiger partial charge in [-0.15, -0.1) is 10.2 Å². The summed E-state index contributed by atoms with van der Waals surface area (Å²) in [5.41, 5.74) is 2.60. The second-order valence-electron chi connectivity index (χ2n) is 7.95. The lowest BCUT2D eigenvalue weighted by molar-refractivity contribution is -0.904. The van der Waals surface area contributed by atoms with E-state index in [1.807, 2.05) is 4.90 Å². The lowest BCUT2D eigenvalue weighted by Crippen LogP contribution is -3.15. The molecule has 2 amide bonds. The van der Waals surface area contributed by atoms with Crippen LogP contribution in [0.4, 0.5) is 5.13 Å². The van der Waals surface area contributed by atoms with Crippen molar-refractivity contribution >= 4 is 28.3 Å². The maximum atomic E-state index is 12.5. The van der Waals surface area contributed by atoms with E-state index in [0.29, 0.717) is 5.13 Å². The first-order chi connectivity index (χ1) is 14.5. The van der Waals surface area contributed by atoms with E-state index >= 15 is 0 Å². The fourth-order valence-corrected chi connectivity index (χ4v) is 4.68. The van der Waals surface area contributed by atoms with Crippen LogP contribution in [0, 0.1) is 13.8 Å². The third kappa shape index (κ3) is 6.12. The maximum absolute atomic E-state index is 12.5. The Morgan fingerprint density at radius 3 is 2.50 bits per heavy atom. The summed E-state index contributed by atoms with van der Waals surface area (Å²) in [7, 11) is 0. The Bertz CT molecular complexity index is 834. The number of hydrogen-bond acceptors (Lipinski definition) is 5. The topological polar surface area (TPSA) is 84.6 Å².